The number of H-pyrrole nitrogens is 1. The summed E-state index contributed by atoms with van der Waals surface area (Å²) in [6.45, 7) is 3.74. The van der Waals surface area contributed by atoms with Crippen molar-refractivity contribution in [3.05, 3.63) is 147 Å². The summed E-state index contributed by atoms with van der Waals surface area (Å²) in [6, 6.07) is 7.92. The van der Waals surface area contributed by atoms with Crippen molar-refractivity contribution >= 4 is 16.8 Å². The molecule has 0 saturated heterocycles. The number of aromatic amines is 1. The van der Waals surface area contributed by atoms with Crippen LogP contribution in [0.5, 0.6) is 0 Å². The number of amides is 1. The number of nitrogens with zero attached hydrogens (tertiary/aromatic N) is 1. The first-order chi connectivity index (χ1) is 21.7. The smallest absolute Gasteiger partial charge is 0.329 e. The number of para-hydroxylation sites is 1. The molecule has 5 atom stereocenters. The number of carbonyl (C=O) groups excluding carboxylic acids is 1. The Morgan fingerprint density at radius 1 is 0.956 bits per heavy atom. The molecule has 1 aromatic heterocycles. The van der Waals surface area contributed by atoms with Crippen LogP contribution in [-0.4, -0.2) is 15.5 Å². The number of benzene rings is 2. The molecule has 0 aliphatic heterocycles. The van der Waals surface area contributed by atoms with E-state index < -0.39 is 40.9 Å². The van der Waals surface area contributed by atoms with Crippen molar-refractivity contribution in [2.24, 2.45) is 17.8 Å². The predicted octanol–water partition coefficient (Wildman–Crippen LogP) is 7.20. The standard InChI is InChI=1S/C37H38F2N3O3/c1-24-22-27(16-13-18-29(24)26-14-9-7-5-3-4-6-8-10-15-26)34(35(43)40-25(2)30-21-20-28(38)23-32(30)39)42-36(44)31-17-11-12-19-33(31)41-37(42)45/h3-12,14-15,17,19-21,23-25,27,29,34H,13,16,18,22H2,1-2H3,(H,40,43)(H,41,45)/b5-3-,6-4-,9-7-,10-8-,26-14+/t24?,25-,27?,29?,34?/m0/s1. The Labute approximate surface area is 261 Å². The molecule has 6 nitrogen and oxygen atoms in total. The minimum absolute atomic E-state index is 0.109. The highest BCUT2D eigenvalue weighted by atomic mass is 19.1. The molecule has 1 amide bonds. The Hall–Kier alpha value is -4.59. The first-order valence-corrected chi connectivity index (χ1v) is 15.4. The van der Waals surface area contributed by atoms with Gasteiger partial charge in [-0.05, 0) is 62.1 Å². The SMILES string of the molecule is CC1CC(C(C(=O)N[C@@H](C)c2ccc(F)cc2F)n2c(=O)[nH]c3ccccc3c2=O)CCCC1/C1=C/C=C\C=C/C=C\C=C/[CH]1. The highest BCUT2D eigenvalue weighted by Gasteiger charge is 2.38. The molecule has 5 rings (SSSR count). The summed E-state index contributed by atoms with van der Waals surface area (Å²) in [5.41, 5.74) is 0.432. The van der Waals surface area contributed by atoms with Crippen LogP contribution in [0.1, 0.15) is 57.2 Å². The molecule has 4 unspecified atom stereocenters. The lowest BCUT2D eigenvalue weighted by molar-refractivity contribution is -0.127. The molecule has 1 radical (unpaired) electrons. The number of halogens is 2. The molecule has 45 heavy (non-hydrogen) atoms. The molecule has 0 bridgehead atoms. The molecule has 2 aliphatic rings. The quantitative estimate of drug-likeness (QED) is 0.290. The van der Waals surface area contributed by atoms with Crippen LogP contribution in [-0.2, 0) is 4.79 Å². The van der Waals surface area contributed by atoms with E-state index in [4.69, 9.17) is 0 Å². The summed E-state index contributed by atoms with van der Waals surface area (Å²) >= 11 is 0. The number of rotatable bonds is 6. The lowest BCUT2D eigenvalue weighted by Crippen LogP contribution is -2.48. The van der Waals surface area contributed by atoms with Crippen molar-refractivity contribution < 1.29 is 13.6 Å². The Kier molecular flexibility index (Phi) is 10.2. The van der Waals surface area contributed by atoms with Gasteiger partial charge in [0.05, 0.1) is 16.9 Å². The predicted molar refractivity (Wildman–Crippen MR) is 174 cm³/mol. The maximum Gasteiger partial charge on any atom is 0.329 e. The van der Waals surface area contributed by atoms with Crippen molar-refractivity contribution in [3.8, 4) is 0 Å². The second-order valence-electron chi connectivity index (χ2n) is 11.9. The highest BCUT2D eigenvalue weighted by molar-refractivity contribution is 5.82. The minimum atomic E-state index is -1.14. The maximum atomic E-state index is 14.7. The van der Waals surface area contributed by atoms with Crippen molar-refractivity contribution in [2.75, 3.05) is 0 Å². The van der Waals surface area contributed by atoms with E-state index in [1.54, 1.807) is 31.2 Å². The van der Waals surface area contributed by atoms with Gasteiger partial charge in [-0.3, -0.25) is 9.59 Å². The first-order valence-electron chi connectivity index (χ1n) is 15.4. The second kappa shape index (κ2) is 14.5. The van der Waals surface area contributed by atoms with Crippen molar-refractivity contribution in [3.63, 3.8) is 0 Å². The van der Waals surface area contributed by atoms with Crippen LogP contribution in [0.15, 0.2) is 112 Å². The number of fused-ring (bicyclic) bond motifs is 1. The Morgan fingerprint density at radius 2 is 1.67 bits per heavy atom. The van der Waals surface area contributed by atoms with Crippen LogP contribution in [0, 0.1) is 35.8 Å². The Bertz CT molecular complexity index is 1810. The molecule has 1 heterocycles. The molecule has 1 saturated carbocycles. The van der Waals surface area contributed by atoms with Crippen LogP contribution in [0.2, 0.25) is 0 Å². The van der Waals surface area contributed by atoms with E-state index in [1.807, 2.05) is 48.6 Å². The molecule has 2 aliphatic carbocycles. The van der Waals surface area contributed by atoms with E-state index in [1.165, 1.54) is 11.6 Å². The fourth-order valence-corrected chi connectivity index (χ4v) is 6.65. The van der Waals surface area contributed by atoms with Gasteiger partial charge in [-0.2, -0.15) is 0 Å². The summed E-state index contributed by atoms with van der Waals surface area (Å²) in [7, 11) is 0. The van der Waals surface area contributed by atoms with Gasteiger partial charge < -0.3 is 10.3 Å². The molecule has 2 N–H and O–H groups in total. The number of hydrogen-bond donors (Lipinski definition) is 2. The average Bonchev–Trinajstić information content (AvgIpc) is 3.22. The number of allylic oxidation sites excluding steroid dienone is 10. The summed E-state index contributed by atoms with van der Waals surface area (Å²) < 4.78 is 29.3. The van der Waals surface area contributed by atoms with Gasteiger partial charge in [0.15, 0.2) is 0 Å². The van der Waals surface area contributed by atoms with Crippen LogP contribution in [0.25, 0.3) is 10.9 Å². The van der Waals surface area contributed by atoms with E-state index in [0.717, 1.165) is 29.5 Å². The zero-order chi connectivity index (χ0) is 31.9. The molecule has 0 spiro atoms. The zero-order valence-corrected chi connectivity index (χ0v) is 25.5. The molecular weight excluding hydrogens is 572 g/mol. The summed E-state index contributed by atoms with van der Waals surface area (Å²) in [5.74, 6) is -2.10. The lowest BCUT2D eigenvalue weighted by Gasteiger charge is -2.30. The highest BCUT2D eigenvalue weighted by Crippen LogP contribution is 2.41. The van der Waals surface area contributed by atoms with Gasteiger partial charge in [0.1, 0.15) is 17.7 Å². The topological polar surface area (TPSA) is 84.0 Å². The third-order valence-corrected chi connectivity index (χ3v) is 8.85. The van der Waals surface area contributed by atoms with Gasteiger partial charge in [0, 0.05) is 18.1 Å². The number of aromatic nitrogens is 2. The molecule has 8 heteroatoms. The van der Waals surface area contributed by atoms with Crippen LogP contribution in [0.4, 0.5) is 8.78 Å². The second-order valence-corrected chi connectivity index (χ2v) is 11.9. The van der Waals surface area contributed by atoms with Crippen molar-refractivity contribution in [1.29, 1.82) is 0 Å². The third-order valence-electron chi connectivity index (χ3n) is 8.85. The van der Waals surface area contributed by atoms with E-state index in [0.29, 0.717) is 23.7 Å². The largest absolute Gasteiger partial charge is 0.348 e. The van der Waals surface area contributed by atoms with Gasteiger partial charge in [-0.15, -0.1) is 0 Å². The van der Waals surface area contributed by atoms with Gasteiger partial charge in [-0.1, -0.05) is 91.8 Å². The Morgan fingerprint density at radius 3 is 2.42 bits per heavy atom. The number of carbonyl (C=O) groups is 1. The van der Waals surface area contributed by atoms with Gasteiger partial charge in [-0.25, -0.2) is 18.1 Å². The fourth-order valence-electron chi connectivity index (χ4n) is 6.65. The molecule has 1 fully saturated rings. The van der Waals surface area contributed by atoms with Crippen molar-refractivity contribution in [2.45, 2.75) is 51.6 Å². The molecule has 3 aromatic rings. The maximum absolute atomic E-state index is 14.7. The summed E-state index contributed by atoms with van der Waals surface area (Å²) in [5, 5.41) is 3.13. The molecule has 233 valence electrons. The number of nitrogens with one attached hydrogen (secondary N) is 2. The third kappa shape index (κ3) is 7.39. The van der Waals surface area contributed by atoms with E-state index in [9.17, 15) is 23.2 Å². The van der Waals surface area contributed by atoms with Gasteiger partial charge in [0.25, 0.3) is 5.56 Å². The summed E-state index contributed by atoms with van der Waals surface area (Å²) in [4.78, 5) is 44.3. The van der Waals surface area contributed by atoms with Crippen molar-refractivity contribution in [1.82, 2.24) is 14.9 Å². The van der Waals surface area contributed by atoms with Gasteiger partial charge >= 0.3 is 5.69 Å². The van der Waals surface area contributed by atoms with Crippen LogP contribution >= 0.6 is 0 Å². The lowest BCUT2D eigenvalue weighted by atomic mass is 9.79. The zero-order valence-electron chi connectivity index (χ0n) is 25.5. The normalized spacial score (nSPS) is 25.9. The van der Waals surface area contributed by atoms with E-state index in [2.05, 4.69) is 29.7 Å². The fraction of sp³-hybridized carbons (Fsp3) is 0.297. The van der Waals surface area contributed by atoms with Crippen LogP contribution in [0.3, 0.4) is 0 Å². The first kappa shape index (κ1) is 31.8. The Balaban J connectivity index is 1.51. The molecule has 2 aromatic carbocycles. The average molecular weight is 611 g/mol. The van der Waals surface area contributed by atoms with E-state index in [-0.39, 0.29) is 23.3 Å². The number of hydrogen-bond acceptors (Lipinski definition) is 3. The van der Waals surface area contributed by atoms with Crippen LogP contribution < -0.4 is 16.6 Å². The van der Waals surface area contributed by atoms with Gasteiger partial charge in [0.2, 0.25) is 5.91 Å². The van der Waals surface area contributed by atoms with E-state index >= 15 is 0 Å². The summed E-state index contributed by atoms with van der Waals surface area (Å²) in [6.07, 6.45) is 23.0. The monoisotopic (exact) mass is 610 g/mol. The minimum Gasteiger partial charge on any atom is -0.348 e. The molecular formula is C37H38F2N3O3.